The maximum Gasteiger partial charge on any atom is 0.256 e. The van der Waals surface area contributed by atoms with Crippen molar-refractivity contribution in [1.82, 2.24) is 0 Å². The number of ether oxygens (including phenoxy) is 1. The summed E-state index contributed by atoms with van der Waals surface area (Å²) >= 11 is 12.7. The van der Waals surface area contributed by atoms with Crippen LogP contribution in [-0.4, -0.2) is 5.91 Å². The first kappa shape index (κ1) is 18.5. The standard InChI is InChI=1S/C22H14Cl2FNO2/c23-18-10-14(9-17-16-3-1-2-4-20(16)26-22(17)27)11-19(24)21(18)28-12-13-5-7-15(25)8-6-13/h1-11H,12H2,(H,26,27)/b17-9-. The normalized spacial score (nSPS) is 14.1. The molecule has 3 aromatic rings. The van der Waals surface area contributed by atoms with E-state index in [4.69, 9.17) is 27.9 Å². The molecule has 0 saturated heterocycles. The lowest BCUT2D eigenvalue weighted by atomic mass is 10.0. The second-order valence-corrected chi connectivity index (χ2v) is 7.10. The Morgan fingerprint density at radius 2 is 1.68 bits per heavy atom. The molecule has 28 heavy (non-hydrogen) atoms. The molecule has 0 spiro atoms. The Bertz CT molecular complexity index is 1070. The van der Waals surface area contributed by atoms with E-state index in [0.717, 1.165) is 16.8 Å². The Kier molecular flexibility index (Phi) is 5.07. The van der Waals surface area contributed by atoms with Gasteiger partial charge in [-0.3, -0.25) is 4.79 Å². The van der Waals surface area contributed by atoms with Crippen molar-refractivity contribution in [3.05, 3.63) is 93.2 Å². The van der Waals surface area contributed by atoms with Crippen LogP contribution < -0.4 is 10.1 Å². The SMILES string of the molecule is O=C1Nc2ccccc2/C1=C/c1cc(Cl)c(OCc2ccc(F)cc2)c(Cl)c1. The summed E-state index contributed by atoms with van der Waals surface area (Å²) < 4.78 is 18.7. The summed E-state index contributed by atoms with van der Waals surface area (Å²) in [6, 6.07) is 16.8. The minimum Gasteiger partial charge on any atom is -0.486 e. The Hall–Kier alpha value is -2.82. The number of amides is 1. The van der Waals surface area contributed by atoms with E-state index in [9.17, 15) is 9.18 Å². The molecule has 1 aliphatic rings. The van der Waals surface area contributed by atoms with E-state index in [2.05, 4.69) is 5.32 Å². The predicted molar refractivity (Wildman–Crippen MR) is 110 cm³/mol. The van der Waals surface area contributed by atoms with Crippen molar-refractivity contribution in [3.8, 4) is 5.75 Å². The van der Waals surface area contributed by atoms with E-state index in [0.29, 0.717) is 26.9 Å². The van der Waals surface area contributed by atoms with Gasteiger partial charge in [-0.15, -0.1) is 0 Å². The van der Waals surface area contributed by atoms with Gasteiger partial charge in [-0.1, -0.05) is 53.5 Å². The van der Waals surface area contributed by atoms with Crippen LogP contribution in [0, 0.1) is 5.82 Å². The largest absolute Gasteiger partial charge is 0.486 e. The third kappa shape index (κ3) is 3.75. The summed E-state index contributed by atoms with van der Waals surface area (Å²) in [7, 11) is 0. The van der Waals surface area contributed by atoms with E-state index in [1.54, 1.807) is 30.3 Å². The van der Waals surface area contributed by atoms with E-state index < -0.39 is 0 Å². The van der Waals surface area contributed by atoms with Crippen LogP contribution in [0.3, 0.4) is 0 Å². The van der Waals surface area contributed by atoms with E-state index in [1.807, 2.05) is 24.3 Å². The van der Waals surface area contributed by atoms with Crippen molar-refractivity contribution in [2.45, 2.75) is 6.61 Å². The molecule has 0 saturated carbocycles. The molecule has 1 heterocycles. The number of anilines is 1. The fourth-order valence-electron chi connectivity index (χ4n) is 2.99. The maximum absolute atomic E-state index is 13.0. The van der Waals surface area contributed by atoms with Gasteiger partial charge >= 0.3 is 0 Å². The second-order valence-electron chi connectivity index (χ2n) is 6.29. The van der Waals surface area contributed by atoms with Gasteiger partial charge in [0.2, 0.25) is 0 Å². The summed E-state index contributed by atoms with van der Waals surface area (Å²) in [5, 5.41) is 3.48. The van der Waals surface area contributed by atoms with Gasteiger partial charge in [-0.25, -0.2) is 4.39 Å². The number of fused-ring (bicyclic) bond motifs is 1. The van der Waals surface area contributed by atoms with Gasteiger partial charge in [0.1, 0.15) is 12.4 Å². The summed E-state index contributed by atoms with van der Waals surface area (Å²) in [5.41, 5.74) is 3.62. The lowest BCUT2D eigenvalue weighted by Gasteiger charge is -2.11. The number of halogens is 3. The Morgan fingerprint density at radius 3 is 2.39 bits per heavy atom. The van der Waals surface area contributed by atoms with Gasteiger partial charge in [0.15, 0.2) is 5.75 Å². The fourth-order valence-corrected chi connectivity index (χ4v) is 3.60. The lowest BCUT2D eigenvalue weighted by molar-refractivity contribution is -0.110. The second kappa shape index (κ2) is 7.66. The van der Waals surface area contributed by atoms with Gasteiger partial charge in [-0.05, 0) is 47.5 Å². The molecule has 0 aromatic heterocycles. The minimum atomic E-state index is -0.310. The number of hydrogen-bond donors (Lipinski definition) is 1. The van der Waals surface area contributed by atoms with Crippen LogP contribution in [0.15, 0.2) is 60.7 Å². The monoisotopic (exact) mass is 413 g/mol. The molecular formula is C22H14Cl2FNO2. The molecule has 0 radical (unpaired) electrons. The van der Waals surface area contributed by atoms with Gasteiger partial charge in [0.25, 0.3) is 5.91 Å². The summed E-state index contributed by atoms with van der Waals surface area (Å²) in [6.07, 6.45) is 1.74. The molecule has 1 N–H and O–H groups in total. The summed E-state index contributed by atoms with van der Waals surface area (Å²) in [6.45, 7) is 0.204. The van der Waals surface area contributed by atoms with Crippen molar-refractivity contribution in [2.24, 2.45) is 0 Å². The van der Waals surface area contributed by atoms with Gasteiger partial charge in [0, 0.05) is 16.8 Å². The molecule has 140 valence electrons. The van der Waals surface area contributed by atoms with E-state index >= 15 is 0 Å². The zero-order valence-electron chi connectivity index (χ0n) is 14.5. The molecular weight excluding hydrogens is 400 g/mol. The highest BCUT2D eigenvalue weighted by molar-refractivity contribution is 6.38. The average molecular weight is 414 g/mol. The number of nitrogens with one attached hydrogen (secondary N) is 1. The Balaban J connectivity index is 1.59. The molecule has 3 aromatic carbocycles. The fraction of sp³-hybridized carbons (Fsp3) is 0.0455. The van der Waals surface area contributed by atoms with Crippen molar-refractivity contribution in [2.75, 3.05) is 5.32 Å². The number of rotatable bonds is 4. The van der Waals surface area contributed by atoms with Gasteiger partial charge in [0.05, 0.1) is 10.0 Å². The van der Waals surface area contributed by atoms with Crippen molar-refractivity contribution < 1.29 is 13.9 Å². The van der Waals surface area contributed by atoms with Crippen molar-refractivity contribution in [3.63, 3.8) is 0 Å². The predicted octanol–water partition coefficient (Wildman–Crippen LogP) is 6.20. The molecule has 3 nitrogen and oxygen atoms in total. The quantitative estimate of drug-likeness (QED) is 0.516. The molecule has 0 fully saturated rings. The van der Waals surface area contributed by atoms with Crippen molar-refractivity contribution in [1.29, 1.82) is 0 Å². The summed E-state index contributed by atoms with van der Waals surface area (Å²) in [4.78, 5) is 12.3. The number of hydrogen-bond acceptors (Lipinski definition) is 2. The zero-order valence-corrected chi connectivity index (χ0v) is 16.0. The molecule has 4 rings (SSSR count). The van der Waals surface area contributed by atoms with Crippen LogP contribution in [0.2, 0.25) is 10.0 Å². The third-order valence-corrected chi connectivity index (χ3v) is 4.90. The first-order chi connectivity index (χ1) is 13.5. The number of carbonyl (C=O) groups excluding carboxylic acids is 1. The molecule has 0 atom stereocenters. The van der Waals surface area contributed by atoms with Crippen molar-refractivity contribution >= 4 is 46.4 Å². The molecule has 6 heteroatoms. The maximum atomic E-state index is 13.0. The van der Waals surface area contributed by atoms with Crippen LogP contribution in [0.1, 0.15) is 16.7 Å². The molecule has 0 aliphatic carbocycles. The molecule has 0 bridgehead atoms. The van der Waals surface area contributed by atoms with Crippen LogP contribution in [-0.2, 0) is 11.4 Å². The lowest BCUT2D eigenvalue weighted by Crippen LogP contribution is -2.03. The minimum absolute atomic E-state index is 0.176. The average Bonchev–Trinajstić information content (AvgIpc) is 2.98. The van der Waals surface area contributed by atoms with Crippen LogP contribution in [0.5, 0.6) is 5.75 Å². The first-order valence-corrected chi connectivity index (χ1v) is 9.25. The number of benzene rings is 3. The molecule has 0 unspecified atom stereocenters. The topological polar surface area (TPSA) is 38.3 Å². The third-order valence-electron chi connectivity index (χ3n) is 4.34. The number of para-hydroxylation sites is 1. The van der Waals surface area contributed by atoms with Crippen LogP contribution >= 0.6 is 23.2 Å². The summed E-state index contributed by atoms with van der Waals surface area (Å²) in [5.74, 6) is -0.147. The Labute approximate surface area is 171 Å². The van der Waals surface area contributed by atoms with Gasteiger partial charge < -0.3 is 10.1 Å². The first-order valence-electron chi connectivity index (χ1n) is 8.50. The number of carbonyl (C=O) groups is 1. The van der Waals surface area contributed by atoms with Crippen LogP contribution in [0.25, 0.3) is 11.6 Å². The van der Waals surface area contributed by atoms with Gasteiger partial charge in [-0.2, -0.15) is 0 Å². The highest BCUT2D eigenvalue weighted by Crippen LogP contribution is 2.37. The molecule has 1 aliphatic heterocycles. The van der Waals surface area contributed by atoms with E-state index in [-0.39, 0.29) is 18.3 Å². The smallest absolute Gasteiger partial charge is 0.256 e. The highest BCUT2D eigenvalue weighted by Gasteiger charge is 2.23. The molecule has 1 amide bonds. The zero-order chi connectivity index (χ0) is 19.7. The van der Waals surface area contributed by atoms with Crippen LogP contribution in [0.4, 0.5) is 10.1 Å². The Morgan fingerprint density at radius 1 is 1.00 bits per heavy atom. The highest BCUT2D eigenvalue weighted by atomic mass is 35.5. The van der Waals surface area contributed by atoms with E-state index in [1.165, 1.54) is 12.1 Å².